The number of rotatable bonds is 0. The van der Waals surface area contributed by atoms with Crippen molar-refractivity contribution in [2.75, 3.05) is 10.6 Å². The van der Waals surface area contributed by atoms with E-state index in [2.05, 4.69) is 60.1 Å². The average Bonchev–Trinajstić information content (AvgIpc) is 2.25. The second-order valence-electron chi connectivity index (χ2n) is 4.34. The van der Waals surface area contributed by atoms with Gasteiger partial charge in [0.15, 0.2) is 0 Å². The fourth-order valence-corrected chi connectivity index (χ4v) is 2.20. The van der Waals surface area contributed by atoms with Gasteiger partial charge in [0.2, 0.25) is 0 Å². The summed E-state index contributed by atoms with van der Waals surface area (Å²) in [6.45, 7) is 2.23. The summed E-state index contributed by atoms with van der Waals surface area (Å²) in [5.74, 6) is 0. The molecule has 0 bridgehead atoms. The highest BCUT2D eigenvalue weighted by Crippen LogP contribution is 2.38. The smallest absolute Gasteiger partial charge is 0.0780 e. The number of fused-ring (bicyclic) bond motifs is 2. The van der Waals surface area contributed by atoms with Gasteiger partial charge in [-0.3, -0.25) is 0 Å². The van der Waals surface area contributed by atoms with Crippen molar-refractivity contribution in [3.05, 3.63) is 48.2 Å². The van der Waals surface area contributed by atoms with E-state index in [9.17, 15) is 0 Å². The van der Waals surface area contributed by atoms with Gasteiger partial charge in [-0.25, -0.2) is 0 Å². The van der Waals surface area contributed by atoms with Crippen LogP contribution in [0, 0.1) is 0 Å². The zero-order valence-electron chi connectivity index (χ0n) is 8.75. The van der Waals surface area contributed by atoms with E-state index in [1.54, 1.807) is 0 Å². The first-order valence-electron chi connectivity index (χ1n) is 5.29. The second-order valence-corrected chi connectivity index (χ2v) is 4.34. The van der Waals surface area contributed by atoms with Crippen molar-refractivity contribution in [1.82, 2.24) is 0 Å². The first-order valence-corrected chi connectivity index (χ1v) is 5.29. The number of nitrogens with one attached hydrogen (secondary N) is 2. The van der Waals surface area contributed by atoms with E-state index in [4.69, 9.17) is 0 Å². The third kappa shape index (κ3) is 1.25. The summed E-state index contributed by atoms with van der Waals surface area (Å²) in [4.78, 5) is 0. The average molecular weight is 198 g/mol. The lowest BCUT2D eigenvalue weighted by molar-refractivity contribution is 0.596. The molecule has 3 rings (SSSR count). The maximum atomic E-state index is 3.59. The molecular weight excluding hydrogens is 184 g/mol. The van der Waals surface area contributed by atoms with E-state index < -0.39 is 0 Å². The molecule has 0 saturated carbocycles. The highest BCUT2D eigenvalue weighted by atomic mass is 15.1. The summed E-state index contributed by atoms with van der Waals surface area (Å²) >= 11 is 0. The minimum absolute atomic E-state index is 0.0309. The predicted molar refractivity (Wildman–Crippen MR) is 63.9 cm³/mol. The van der Waals surface area contributed by atoms with Gasteiger partial charge in [0.05, 0.1) is 16.9 Å². The molecule has 1 aromatic carbocycles. The zero-order valence-corrected chi connectivity index (χ0v) is 8.75. The van der Waals surface area contributed by atoms with Crippen LogP contribution in [0.1, 0.15) is 13.3 Å². The Hall–Kier alpha value is -1.70. The monoisotopic (exact) mass is 198 g/mol. The van der Waals surface area contributed by atoms with Crippen molar-refractivity contribution < 1.29 is 0 Å². The zero-order chi connectivity index (χ0) is 10.3. The van der Waals surface area contributed by atoms with Gasteiger partial charge in [-0.15, -0.1) is 0 Å². The molecule has 2 heteroatoms. The van der Waals surface area contributed by atoms with Crippen LogP contribution in [-0.4, -0.2) is 5.54 Å². The van der Waals surface area contributed by atoms with E-state index in [-0.39, 0.29) is 5.54 Å². The number of allylic oxidation sites excluding steroid dienone is 2. The molecule has 0 saturated heterocycles. The summed E-state index contributed by atoms with van der Waals surface area (Å²) < 4.78 is 0. The lowest BCUT2D eigenvalue weighted by Gasteiger charge is -2.40. The molecule has 2 nitrogen and oxygen atoms in total. The lowest BCUT2D eigenvalue weighted by atomic mass is 9.87. The normalized spacial score (nSPS) is 26.9. The summed E-state index contributed by atoms with van der Waals surface area (Å²) in [6, 6.07) is 8.32. The van der Waals surface area contributed by atoms with Gasteiger partial charge in [0, 0.05) is 5.70 Å². The molecule has 1 unspecified atom stereocenters. The molecule has 0 radical (unpaired) electrons. The number of hydrogen-bond acceptors (Lipinski definition) is 2. The summed E-state index contributed by atoms with van der Waals surface area (Å²) in [5.41, 5.74) is 3.64. The van der Waals surface area contributed by atoms with Crippen LogP contribution in [0.4, 0.5) is 11.4 Å². The Bertz CT molecular complexity index is 459. The molecule has 1 aliphatic heterocycles. The number of benzene rings is 1. The molecule has 1 atom stereocenters. The highest BCUT2D eigenvalue weighted by Gasteiger charge is 2.33. The lowest BCUT2D eigenvalue weighted by Crippen LogP contribution is -2.43. The van der Waals surface area contributed by atoms with Crippen molar-refractivity contribution in [2.24, 2.45) is 0 Å². The van der Waals surface area contributed by atoms with Crippen LogP contribution in [0.25, 0.3) is 0 Å². The number of anilines is 2. The number of para-hydroxylation sites is 2. The van der Waals surface area contributed by atoms with Crippen LogP contribution in [0.3, 0.4) is 0 Å². The van der Waals surface area contributed by atoms with Crippen LogP contribution >= 0.6 is 0 Å². The van der Waals surface area contributed by atoms with Gasteiger partial charge >= 0.3 is 0 Å². The van der Waals surface area contributed by atoms with Crippen LogP contribution in [-0.2, 0) is 0 Å². The Labute approximate surface area is 89.7 Å². The Balaban J connectivity index is 2.09. The molecule has 0 aromatic heterocycles. The van der Waals surface area contributed by atoms with Gasteiger partial charge in [-0.2, -0.15) is 0 Å². The minimum Gasteiger partial charge on any atom is -0.372 e. The molecule has 0 spiro atoms. The minimum atomic E-state index is 0.0309. The van der Waals surface area contributed by atoms with Crippen molar-refractivity contribution in [1.29, 1.82) is 0 Å². The first-order chi connectivity index (χ1) is 7.28. The standard InChI is InChI=1S/C13H14N2/c1-13-9-5-4-8-12(13)14-10-6-2-3-7-11(10)15-13/h2-8,14-15H,9H2,1H3. The van der Waals surface area contributed by atoms with E-state index in [0.29, 0.717) is 0 Å². The van der Waals surface area contributed by atoms with Gasteiger partial charge in [0.25, 0.3) is 0 Å². The van der Waals surface area contributed by atoms with E-state index in [0.717, 1.165) is 12.1 Å². The van der Waals surface area contributed by atoms with Gasteiger partial charge in [0.1, 0.15) is 0 Å². The molecule has 2 aliphatic rings. The molecule has 2 N–H and O–H groups in total. The molecule has 15 heavy (non-hydrogen) atoms. The molecular formula is C13H14N2. The van der Waals surface area contributed by atoms with Crippen LogP contribution in [0.2, 0.25) is 0 Å². The maximum Gasteiger partial charge on any atom is 0.0780 e. The molecule has 0 amide bonds. The number of hydrogen-bond donors (Lipinski definition) is 2. The van der Waals surface area contributed by atoms with Crippen molar-refractivity contribution in [3.63, 3.8) is 0 Å². The molecule has 1 aromatic rings. The fraction of sp³-hybridized carbons (Fsp3) is 0.231. The Morgan fingerprint density at radius 2 is 2.00 bits per heavy atom. The quantitative estimate of drug-likeness (QED) is 0.669. The van der Waals surface area contributed by atoms with Crippen molar-refractivity contribution >= 4 is 11.4 Å². The summed E-state index contributed by atoms with van der Waals surface area (Å²) in [5, 5.41) is 7.08. The van der Waals surface area contributed by atoms with Crippen LogP contribution in [0.15, 0.2) is 48.2 Å². The SMILES string of the molecule is CC12CC=CC=C1Nc1ccccc1N2. The predicted octanol–water partition coefficient (Wildman–Crippen LogP) is 3.13. The third-order valence-corrected chi connectivity index (χ3v) is 3.13. The van der Waals surface area contributed by atoms with Crippen molar-refractivity contribution in [3.8, 4) is 0 Å². The van der Waals surface area contributed by atoms with Crippen molar-refractivity contribution in [2.45, 2.75) is 18.9 Å². The van der Waals surface area contributed by atoms with Gasteiger partial charge in [-0.1, -0.05) is 24.3 Å². The molecule has 1 heterocycles. The molecule has 1 aliphatic carbocycles. The van der Waals surface area contributed by atoms with E-state index in [1.807, 2.05) is 0 Å². The van der Waals surface area contributed by atoms with E-state index >= 15 is 0 Å². The van der Waals surface area contributed by atoms with E-state index in [1.165, 1.54) is 11.4 Å². The summed E-state index contributed by atoms with van der Waals surface area (Å²) in [7, 11) is 0. The largest absolute Gasteiger partial charge is 0.372 e. The Kier molecular flexibility index (Phi) is 1.66. The second kappa shape index (κ2) is 2.89. The fourth-order valence-electron chi connectivity index (χ4n) is 2.20. The maximum absolute atomic E-state index is 3.59. The van der Waals surface area contributed by atoms with Crippen LogP contribution < -0.4 is 10.6 Å². The summed E-state index contributed by atoms with van der Waals surface area (Å²) in [6.07, 6.45) is 7.48. The Morgan fingerprint density at radius 1 is 1.20 bits per heavy atom. The topological polar surface area (TPSA) is 24.1 Å². The molecule has 0 fully saturated rings. The van der Waals surface area contributed by atoms with Gasteiger partial charge in [-0.05, 0) is 31.6 Å². The van der Waals surface area contributed by atoms with Crippen LogP contribution in [0.5, 0.6) is 0 Å². The highest BCUT2D eigenvalue weighted by molar-refractivity contribution is 5.76. The first kappa shape index (κ1) is 8.60. The molecule has 76 valence electrons. The third-order valence-electron chi connectivity index (χ3n) is 3.13. The van der Waals surface area contributed by atoms with Gasteiger partial charge < -0.3 is 10.6 Å². The Morgan fingerprint density at radius 3 is 2.87 bits per heavy atom.